The molecule has 1 N–H and O–H groups in total. The van der Waals surface area contributed by atoms with E-state index < -0.39 is 0 Å². The lowest BCUT2D eigenvalue weighted by Crippen LogP contribution is -2.38. The van der Waals surface area contributed by atoms with Crippen LogP contribution in [0.4, 0.5) is 0 Å². The molecular formula is C17H25ClINO. The molecule has 0 amide bonds. The van der Waals surface area contributed by atoms with Crippen molar-refractivity contribution in [2.24, 2.45) is 5.92 Å². The maximum atomic E-state index is 6.29. The van der Waals surface area contributed by atoms with Gasteiger partial charge in [0.25, 0.3) is 0 Å². The van der Waals surface area contributed by atoms with Crippen LogP contribution in [0.2, 0.25) is 5.02 Å². The molecule has 1 aromatic carbocycles. The minimum atomic E-state index is -0.151. The van der Waals surface area contributed by atoms with Crippen molar-refractivity contribution in [2.75, 3.05) is 6.54 Å². The molecule has 21 heavy (non-hydrogen) atoms. The van der Waals surface area contributed by atoms with Gasteiger partial charge in [-0.15, -0.1) is 0 Å². The molecule has 0 bridgehead atoms. The maximum Gasteiger partial charge on any atom is 0.0681 e. The number of halogens is 2. The molecule has 1 saturated heterocycles. The van der Waals surface area contributed by atoms with Crippen molar-refractivity contribution >= 4 is 34.2 Å². The summed E-state index contributed by atoms with van der Waals surface area (Å²) in [5.41, 5.74) is 1.05. The van der Waals surface area contributed by atoms with Gasteiger partial charge in [-0.3, -0.25) is 0 Å². The smallest absolute Gasteiger partial charge is 0.0681 e. The van der Waals surface area contributed by atoms with E-state index in [2.05, 4.69) is 74.7 Å². The van der Waals surface area contributed by atoms with Crippen molar-refractivity contribution in [3.05, 3.63) is 32.4 Å². The minimum absolute atomic E-state index is 0.0775. The van der Waals surface area contributed by atoms with E-state index in [9.17, 15) is 0 Å². The van der Waals surface area contributed by atoms with E-state index in [-0.39, 0.29) is 17.2 Å². The summed E-state index contributed by atoms with van der Waals surface area (Å²) in [5, 5.41) is 4.45. The Kier molecular flexibility index (Phi) is 5.29. The first-order valence-electron chi connectivity index (χ1n) is 7.55. The molecule has 4 heteroatoms. The summed E-state index contributed by atoms with van der Waals surface area (Å²) < 4.78 is 7.55. The maximum absolute atomic E-state index is 6.29. The molecule has 1 aliphatic heterocycles. The van der Waals surface area contributed by atoms with Gasteiger partial charge in [0.15, 0.2) is 0 Å². The van der Waals surface area contributed by atoms with Crippen LogP contribution in [0.5, 0.6) is 0 Å². The second-order valence-electron chi connectivity index (χ2n) is 6.98. The lowest BCUT2D eigenvalue weighted by atomic mass is 9.79. The molecule has 2 unspecified atom stereocenters. The number of ether oxygens (including phenoxy) is 1. The van der Waals surface area contributed by atoms with E-state index in [0.717, 1.165) is 18.0 Å². The first kappa shape index (κ1) is 17.5. The third kappa shape index (κ3) is 3.92. The average Bonchev–Trinajstić information content (AvgIpc) is 2.57. The van der Waals surface area contributed by atoms with Crippen LogP contribution < -0.4 is 5.32 Å². The van der Waals surface area contributed by atoms with Gasteiger partial charge in [0.1, 0.15) is 0 Å². The van der Waals surface area contributed by atoms with Crippen LogP contribution in [0.3, 0.4) is 0 Å². The Labute approximate surface area is 147 Å². The Morgan fingerprint density at radius 3 is 2.57 bits per heavy atom. The lowest BCUT2D eigenvalue weighted by Gasteiger charge is -2.34. The van der Waals surface area contributed by atoms with Crippen LogP contribution in [0.25, 0.3) is 0 Å². The Morgan fingerprint density at radius 1 is 1.38 bits per heavy atom. The fourth-order valence-electron chi connectivity index (χ4n) is 3.57. The average molecular weight is 422 g/mol. The molecule has 1 fully saturated rings. The molecule has 0 radical (unpaired) electrons. The quantitative estimate of drug-likeness (QED) is 0.676. The topological polar surface area (TPSA) is 21.3 Å². The standard InChI is InChI=1S/C17H25ClINO/c1-6-20-15(12-9-11(18)7-8-14(12)19)13-10-16(2,3)21-17(13,4)5/h7-9,13,15,20H,6,10H2,1-5H3. The van der Waals surface area contributed by atoms with E-state index in [0.29, 0.717) is 5.92 Å². The predicted molar refractivity (Wildman–Crippen MR) is 97.9 cm³/mol. The Hall–Kier alpha value is 0.160. The Bertz CT molecular complexity index is 516. The Balaban J connectivity index is 2.42. The van der Waals surface area contributed by atoms with Crippen LogP contribution in [0, 0.1) is 9.49 Å². The highest BCUT2D eigenvalue weighted by atomic mass is 127. The zero-order chi connectivity index (χ0) is 15.8. The van der Waals surface area contributed by atoms with Gasteiger partial charge in [-0.05, 0) is 87.0 Å². The monoisotopic (exact) mass is 421 g/mol. The summed E-state index contributed by atoms with van der Waals surface area (Å²) in [5.74, 6) is 0.416. The van der Waals surface area contributed by atoms with E-state index >= 15 is 0 Å². The van der Waals surface area contributed by atoms with Crippen molar-refractivity contribution < 1.29 is 4.74 Å². The van der Waals surface area contributed by atoms with Crippen molar-refractivity contribution in [1.82, 2.24) is 5.32 Å². The van der Waals surface area contributed by atoms with Gasteiger partial charge < -0.3 is 10.1 Å². The summed E-state index contributed by atoms with van der Waals surface area (Å²) in [7, 11) is 0. The zero-order valence-corrected chi connectivity index (χ0v) is 16.4. The fraction of sp³-hybridized carbons (Fsp3) is 0.647. The molecule has 2 atom stereocenters. The van der Waals surface area contributed by atoms with Crippen LogP contribution in [-0.4, -0.2) is 17.7 Å². The first-order chi connectivity index (χ1) is 9.66. The molecule has 0 spiro atoms. The molecule has 2 nitrogen and oxygen atoms in total. The number of hydrogen-bond acceptors (Lipinski definition) is 2. The number of hydrogen-bond donors (Lipinski definition) is 1. The molecule has 2 rings (SSSR count). The summed E-state index contributed by atoms with van der Waals surface area (Å²) in [6.45, 7) is 11.8. The molecule has 1 aromatic rings. The summed E-state index contributed by atoms with van der Waals surface area (Å²) in [4.78, 5) is 0. The highest BCUT2D eigenvalue weighted by molar-refractivity contribution is 14.1. The largest absolute Gasteiger partial charge is 0.369 e. The van der Waals surface area contributed by atoms with Crippen molar-refractivity contribution in [3.63, 3.8) is 0 Å². The number of nitrogens with one attached hydrogen (secondary N) is 1. The molecule has 0 saturated carbocycles. The second-order valence-corrected chi connectivity index (χ2v) is 8.58. The molecule has 0 aliphatic carbocycles. The third-order valence-corrected chi connectivity index (χ3v) is 5.48. The molecule has 1 aliphatic rings. The predicted octanol–water partition coefficient (Wildman–Crippen LogP) is 5.19. The van der Waals surface area contributed by atoms with E-state index in [1.54, 1.807) is 0 Å². The minimum Gasteiger partial charge on any atom is -0.369 e. The summed E-state index contributed by atoms with van der Waals surface area (Å²) in [6.07, 6.45) is 1.04. The van der Waals surface area contributed by atoms with E-state index in [1.807, 2.05) is 6.07 Å². The van der Waals surface area contributed by atoms with Crippen LogP contribution >= 0.6 is 34.2 Å². The number of rotatable bonds is 4. The van der Waals surface area contributed by atoms with Gasteiger partial charge in [-0.25, -0.2) is 0 Å². The highest BCUT2D eigenvalue weighted by Crippen LogP contribution is 2.48. The van der Waals surface area contributed by atoms with Crippen LogP contribution in [0.15, 0.2) is 18.2 Å². The molecule has 1 heterocycles. The molecule has 118 valence electrons. The van der Waals surface area contributed by atoms with Crippen molar-refractivity contribution in [1.29, 1.82) is 0 Å². The molecular weight excluding hydrogens is 397 g/mol. The van der Waals surface area contributed by atoms with Crippen molar-refractivity contribution in [2.45, 2.75) is 58.3 Å². The van der Waals surface area contributed by atoms with Gasteiger partial charge in [0.2, 0.25) is 0 Å². The van der Waals surface area contributed by atoms with Gasteiger partial charge in [0, 0.05) is 20.6 Å². The lowest BCUT2D eigenvalue weighted by molar-refractivity contribution is -0.0778. The third-order valence-electron chi connectivity index (χ3n) is 4.26. The van der Waals surface area contributed by atoms with Gasteiger partial charge >= 0.3 is 0 Å². The van der Waals surface area contributed by atoms with Crippen LogP contribution in [0.1, 0.15) is 52.6 Å². The SMILES string of the molecule is CCNC(c1cc(Cl)ccc1I)C1CC(C)(C)OC1(C)C. The normalized spacial score (nSPS) is 25.0. The van der Waals surface area contributed by atoms with Gasteiger partial charge in [0.05, 0.1) is 11.2 Å². The first-order valence-corrected chi connectivity index (χ1v) is 9.00. The summed E-state index contributed by atoms with van der Waals surface area (Å²) >= 11 is 8.63. The molecule has 0 aromatic heterocycles. The van der Waals surface area contributed by atoms with Gasteiger partial charge in [-0.1, -0.05) is 18.5 Å². The number of benzene rings is 1. The Morgan fingerprint density at radius 2 is 2.05 bits per heavy atom. The second kappa shape index (κ2) is 6.34. The van der Waals surface area contributed by atoms with Crippen molar-refractivity contribution in [3.8, 4) is 0 Å². The van der Waals surface area contributed by atoms with Crippen LogP contribution in [-0.2, 0) is 4.74 Å². The van der Waals surface area contributed by atoms with E-state index in [1.165, 1.54) is 9.13 Å². The fourth-order valence-corrected chi connectivity index (χ4v) is 4.42. The van der Waals surface area contributed by atoms with E-state index in [4.69, 9.17) is 16.3 Å². The van der Waals surface area contributed by atoms with Gasteiger partial charge in [-0.2, -0.15) is 0 Å². The highest BCUT2D eigenvalue weighted by Gasteiger charge is 2.49. The zero-order valence-electron chi connectivity index (χ0n) is 13.5. The summed E-state index contributed by atoms with van der Waals surface area (Å²) in [6, 6.07) is 6.40.